The molecule has 3 rings (SSSR count). The van der Waals surface area contributed by atoms with E-state index in [4.69, 9.17) is 4.74 Å². The second kappa shape index (κ2) is 5.74. The highest BCUT2D eigenvalue weighted by atomic mass is 16.5. The summed E-state index contributed by atoms with van der Waals surface area (Å²) < 4.78 is 5.23. The summed E-state index contributed by atoms with van der Waals surface area (Å²) in [5, 5.41) is 2.77. The van der Waals surface area contributed by atoms with Crippen LogP contribution in [0.1, 0.15) is 0 Å². The predicted molar refractivity (Wildman–Crippen MR) is 77.0 cm³/mol. The van der Waals surface area contributed by atoms with Crippen LogP contribution in [-0.2, 0) is 4.79 Å². The third-order valence-electron chi connectivity index (χ3n) is 3.23. The molecule has 2 aromatic rings. The van der Waals surface area contributed by atoms with Crippen LogP contribution in [0.2, 0.25) is 0 Å². The third-order valence-corrected chi connectivity index (χ3v) is 3.23. The van der Waals surface area contributed by atoms with Gasteiger partial charge in [0.05, 0.1) is 13.7 Å². The quantitative estimate of drug-likeness (QED) is 0.883. The van der Waals surface area contributed by atoms with E-state index in [1.807, 2.05) is 17.0 Å². The molecule has 21 heavy (non-hydrogen) atoms. The number of hydrogen-bond acceptors (Lipinski definition) is 6. The summed E-state index contributed by atoms with van der Waals surface area (Å²) in [6, 6.07) is 3.74. The van der Waals surface area contributed by atoms with Crippen molar-refractivity contribution in [2.24, 2.45) is 0 Å². The number of methoxy groups -OCH3 is 1. The molecular weight excluding hydrogens is 270 g/mol. The second-order valence-corrected chi connectivity index (χ2v) is 4.60. The third kappa shape index (κ3) is 2.76. The van der Waals surface area contributed by atoms with Crippen LogP contribution in [0.5, 0.6) is 5.88 Å². The molecule has 0 saturated carbocycles. The van der Waals surface area contributed by atoms with Crippen molar-refractivity contribution >= 4 is 11.9 Å². The Bertz CT molecular complexity index is 644. The number of rotatable bonds is 3. The van der Waals surface area contributed by atoms with Gasteiger partial charge in [-0.25, -0.2) is 15.0 Å². The van der Waals surface area contributed by atoms with Gasteiger partial charge in [0, 0.05) is 42.8 Å². The summed E-state index contributed by atoms with van der Waals surface area (Å²) in [4.78, 5) is 26.1. The topological polar surface area (TPSA) is 80.2 Å². The Morgan fingerprint density at radius 1 is 1.29 bits per heavy atom. The van der Waals surface area contributed by atoms with Crippen molar-refractivity contribution in [3.63, 3.8) is 0 Å². The molecule has 0 aliphatic carbocycles. The first-order valence-corrected chi connectivity index (χ1v) is 6.61. The number of ether oxygens (including phenoxy) is 1. The van der Waals surface area contributed by atoms with Crippen molar-refractivity contribution in [1.82, 2.24) is 20.3 Å². The maximum Gasteiger partial charge on any atom is 0.239 e. The van der Waals surface area contributed by atoms with Gasteiger partial charge in [0.25, 0.3) is 0 Å². The van der Waals surface area contributed by atoms with Crippen LogP contribution < -0.4 is 15.0 Å². The van der Waals surface area contributed by atoms with Crippen LogP contribution in [0.3, 0.4) is 0 Å². The number of amides is 1. The van der Waals surface area contributed by atoms with Gasteiger partial charge < -0.3 is 15.0 Å². The average molecular weight is 285 g/mol. The van der Waals surface area contributed by atoms with Gasteiger partial charge in [-0.3, -0.25) is 4.79 Å². The van der Waals surface area contributed by atoms with Crippen LogP contribution >= 0.6 is 0 Å². The molecule has 3 heterocycles. The van der Waals surface area contributed by atoms with E-state index in [2.05, 4.69) is 20.3 Å². The number of piperazine rings is 1. The zero-order valence-electron chi connectivity index (χ0n) is 11.6. The van der Waals surface area contributed by atoms with E-state index in [-0.39, 0.29) is 12.5 Å². The van der Waals surface area contributed by atoms with E-state index in [0.717, 1.165) is 11.1 Å². The summed E-state index contributed by atoms with van der Waals surface area (Å²) in [6.45, 7) is 1.61. The van der Waals surface area contributed by atoms with Crippen molar-refractivity contribution in [1.29, 1.82) is 0 Å². The number of carbonyl (C=O) groups excluding carboxylic acids is 1. The number of carbonyl (C=O) groups is 1. The fourth-order valence-electron chi connectivity index (χ4n) is 2.21. The molecule has 0 aromatic carbocycles. The van der Waals surface area contributed by atoms with E-state index in [0.29, 0.717) is 24.9 Å². The van der Waals surface area contributed by atoms with Crippen molar-refractivity contribution in [3.8, 4) is 17.0 Å². The molecule has 1 amide bonds. The molecular formula is C14H15N5O2. The first-order valence-electron chi connectivity index (χ1n) is 6.61. The predicted octanol–water partition coefficient (Wildman–Crippen LogP) is 0.483. The SMILES string of the molecule is COc1ncccc1-c1cnc(N2CCNC(=O)C2)nc1. The number of anilines is 1. The zero-order valence-corrected chi connectivity index (χ0v) is 11.6. The normalized spacial score (nSPS) is 14.7. The number of nitrogens with one attached hydrogen (secondary N) is 1. The number of aromatic nitrogens is 3. The highest BCUT2D eigenvalue weighted by molar-refractivity contribution is 5.82. The van der Waals surface area contributed by atoms with Crippen LogP contribution in [0.4, 0.5) is 5.95 Å². The standard InChI is InChI=1S/C14H15N5O2/c1-21-13-11(3-2-4-16-13)10-7-17-14(18-8-10)19-6-5-15-12(20)9-19/h2-4,7-8H,5-6,9H2,1H3,(H,15,20). The van der Waals surface area contributed by atoms with Crippen molar-refractivity contribution in [2.75, 3.05) is 31.6 Å². The molecule has 108 valence electrons. The maximum absolute atomic E-state index is 11.4. The van der Waals surface area contributed by atoms with Crippen molar-refractivity contribution in [3.05, 3.63) is 30.7 Å². The Morgan fingerprint density at radius 3 is 2.81 bits per heavy atom. The molecule has 0 spiro atoms. The zero-order chi connectivity index (χ0) is 14.7. The average Bonchev–Trinajstić information content (AvgIpc) is 2.55. The first kappa shape index (κ1) is 13.3. The van der Waals surface area contributed by atoms with Gasteiger partial charge in [0.15, 0.2) is 0 Å². The Labute approximate surface area is 122 Å². The Morgan fingerprint density at radius 2 is 2.10 bits per heavy atom. The lowest BCUT2D eigenvalue weighted by Gasteiger charge is -2.26. The molecule has 1 N–H and O–H groups in total. The summed E-state index contributed by atoms with van der Waals surface area (Å²) in [5.41, 5.74) is 1.66. The summed E-state index contributed by atoms with van der Waals surface area (Å²) in [7, 11) is 1.58. The van der Waals surface area contributed by atoms with Gasteiger partial charge >= 0.3 is 0 Å². The lowest BCUT2D eigenvalue weighted by atomic mass is 10.1. The van der Waals surface area contributed by atoms with Gasteiger partial charge in [0.1, 0.15) is 0 Å². The van der Waals surface area contributed by atoms with Crippen LogP contribution in [0.15, 0.2) is 30.7 Å². The molecule has 1 fully saturated rings. The number of pyridine rings is 1. The fraction of sp³-hybridized carbons (Fsp3) is 0.286. The highest BCUT2D eigenvalue weighted by Gasteiger charge is 2.18. The largest absolute Gasteiger partial charge is 0.481 e. The van der Waals surface area contributed by atoms with E-state index in [1.54, 1.807) is 25.7 Å². The molecule has 2 aromatic heterocycles. The van der Waals surface area contributed by atoms with Gasteiger partial charge in [-0.2, -0.15) is 0 Å². The molecule has 0 unspecified atom stereocenters. The lowest BCUT2D eigenvalue weighted by molar-refractivity contribution is -0.120. The van der Waals surface area contributed by atoms with Gasteiger partial charge in [-0.15, -0.1) is 0 Å². The Balaban J connectivity index is 1.85. The monoisotopic (exact) mass is 285 g/mol. The minimum absolute atomic E-state index is 0.0112. The van der Waals surface area contributed by atoms with E-state index in [1.165, 1.54) is 0 Å². The maximum atomic E-state index is 11.4. The minimum atomic E-state index is -0.0112. The second-order valence-electron chi connectivity index (χ2n) is 4.60. The fourth-order valence-corrected chi connectivity index (χ4v) is 2.21. The highest BCUT2D eigenvalue weighted by Crippen LogP contribution is 2.26. The molecule has 7 heteroatoms. The Hall–Kier alpha value is -2.70. The van der Waals surface area contributed by atoms with Gasteiger partial charge in [-0.1, -0.05) is 0 Å². The molecule has 0 bridgehead atoms. The molecule has 0 atom stereocenters. The van der Waals surface area contributed by atoms with E-state index >= 15 is 0 Å². The van der Waals surface area contributed by atoms with Crippen LogP contribution in [0, 0.1) is 0 Å². The van der Waals surface area contributed by atoms with Crippen molar-refractivity contribution in [2.45, 2.75) is 0 Å². The summed E-state index contributed by atoms with van der Waals surface area (Å²) in [6.07, 6.45) is 5.10. The molecule has 7 nitrogen and oxygen atoms in total. The molecule has 0 radical (unpaired) electrons. The number of nitrogens with zero attached hydrogens (tertiary/aromatic N) is 4. The molecule has 1 saturated heterocycles. The number of hydrogen-bond donors (Lipinski definition) is 1. The smallest absolute Gasteiger partial charge is 0.239 e. The van der Waals surface area contributed by atoms with Crippen LogP contribution in [0.25, 0.3) is 11.1 Å². The molecule has 1 aliphatic heterocycles. The molecule has 1 aliphatic rings. The van der Waals surface area contributed by atoms with Crippen molar-refractivity contribution < 1.29 is 9.53 Å². The van der Waals surface area contributed by atoms with Crippen LogP contribution in [-0.4, -0.2) is 47.6 Å². The van der Waals surface area contributed by atoms with Gasteiger partial charge in [0.2, 0.25) is 17.7 Å². The Kier molecular flexibility index (Phi) is 3.63. The van der Waals surface area contributed by atoms with Gasteiger partial charge in [-0.05, 0) is 12.1 Å². The summed E-state index contributed by atoms with van der Waals surface area (Å²) >= 11 is 0. The van der Waals surface area contributed by atoms with E-state index in [9.17, 15) is 4.79 Å². The lowest BCUT2D eigenvalue weighted by Crippen LogP contribution is -2.48. The van der Waals surface area contributed by atoms with E-state index < -0.39 is 0 Å². The first-order chi connectivity index (χ1) is 10.3. The summed E-state index contributed by atoms with van der Waals surface area (Å²) in [5.74, 6) is 1.07. The minimum Gasteiger partial charge on any atom is -0.481 e.